The Morgan fingerprint density at radius 2 is 1.79 bits per heavy atom. The van der Waals surface area contributed by atoms with Crippen LogP contribution in [-0.2, 0) is 17.8 Å². The molecule has 0 aliphatic carbocycles. The number of amides is 3. The Hall–Kier alpha value is -3.51. The third kappa shape index (κ3) is 5.84. The molecule has 0 saturated carbocycles. The quantitative estimate of drug-likeness (QED) is 0.513. The number of anilines is 2. The third-order valence-electron chi connectivity index (χ3n) is 5.54. The average molecular weight is 464 g/mol. The van der Waals surface area contributed by atoms with Gasteiger partial charge in [0, 0.05) is 36.0 Å². The second-order valence-electron chi connectivity index (χ2n) is 7.96. The Bertz CT molecular complexity index is 1130. The van der Waals surface area contributed by atoms with Crippen molar-refractivity contribution in [3.63, 3.8) is 0 Å². The lowest BCUT2D eigenvalue weighted by Crippen LogP contribution is -2.49. The van der Waals surface area contributed by atoms with Gasteiger partial charge < -0.3 is 15.0 Å². The number of carbonyl (C=O) groups is 2. The number of halogens is 1. The number of urea groups is 1. The number of ether oxygens (including phenoxy) is 1. The van der Waals surface area contributed by atoms with E-state index in [1.165, 1.54) is 0 Å². The van der Waals surface area contributed by atoms with E-state index in [1.54, 1.807) is 12.0 Å². The molecule has 1 saturated heterocycles. The van der Waals surface area contributed by atoms with Gasteiger partial charge in [-0.15, -0.1) is 0 Å². The van der Waals surface area contributed by atoms with Gasteiger partial charge in [-0.3, -0.25) is 9.69 Å². The van der Waals surface area contributed by atoms with Gasteiger partial charge in [0.15, 0.2) is 0 Å². The smallest absolute Gasteiger partial charge is 0.324 e. The normalized spacial score (nSPS) is 13.7. The Morgan fingerprint density at radius 1 is 1.00 bits per heavy atom. The number of nitrogens with one attached hydrogen (secondary N) is 1. The second-order valence-corrected chi connectivity index (χ2v) is 8.40. The van der Waals surface area contributed by atoms with E-state index in [9.17, 15) is 9.59 Å². The van der Waals surface area contributed by atoms with E-state index in [-0.39, 0.29) is 18.4 Å². The molecule has 0 spiro atoms. The number of carbonyl (C=O) groups excluding carboxylic acids is 2. The minimum absolute atomic E-state index is 0.0528. The van der Waals surface area contributed by atoms with Gasteiger partial charge in [-0.2, -0.15) is 0 Å². The first-order valence-corrected chi connectivity index (χ1v) is 11.2. The van der Waals surface area contributed by atoms with Gasteiger partial charge in [-0.25, -0.2) is 4.79 Å². The van der Waals surface area contributed by atoms with Crippen LogP contribution in [0.2, 0.25) is 5.02 Å². The SMILES string of the molecule is COc1ccc(CC(=O)Nc2cccc(N3CCCN(Cc4cccc(Cl)c4)C3=O)c2)cc1. The standard InChI is InChI=1S/C26H26ClN3O3/c1-33-24-11-9-19(10-12-24)16-25(31)28-22-7-3-8-23(17-22)30-14-4-13-29(26(30)32)18-20-5-2-6-21(27)15-20/h2-3,5-12,15,17H,4,13-14,16,18H2,1H3,(H,28,31). The molecule has 7 heteroatoms. The summed E-state index contributed by atoms with van der Waals surface area (Å²) in [4.78, 5) is 29.3. The van der Waals surface area contributed by atoms with Crippen molar-refractivity contribution in [2.75, 3.05) is 30.4 Å². The van der Waals surface area contributed by atoms with Gasteiger partial charge >= 0.3 is 6.03 Å². The molecule has 170 valence electrons. The zero-order valence-corrected chi connectivity index (χ0v) is 19.2. The highest BCUT2D eigenvalue weighted by Gasteiger charge is 2.27. The Kier molecular flexibility index (Phi) is 7.15. The highest BCUT2D eigenvalue weighted by molar-refractivity contribution is 6.30. The van der Waals surface area contributed by atoms with Crippen molar-refractivity contribution in [1.82, 2.24) is 4.90 Å². The number of methoxy groups -OCH3 is 1. The summed E-state index contributed by atoms with van der Waals surface area (Å²) in [6.07, 6.45) is 1.12. The minimum Gasteiger partial charge on any atom is -0.497 e. The maximum absolute atomic E-state index is 13.2. The fourth-order valence-corrected chi connectivity index (χ4v) is 4.12. The highest BCUT2D eigenvalue weighted by atomic mass is 35.5. The van der Waals surface area contributed by atoms with E-state index in [4.69, 9.17) is 16.3 Å². The van der Waals surface area contributed by atoms with E-state index in [1.807, 2.05) is 77.7 Å². The molecular formula is C26H26ClN3O3. The fraction of sp³-hybridized carbons (Fsp3) is 0.231. The Labute approximate surface area is 198 Å². The summed E-state index contributed by atoms with van der Waals surface area (Å²) < 4.78 is 5.15. The summed E-state index contributed by atoms with van der Waals surface area (Å²) in [7, 11) is 1.61. The van der Waals surface area contributed by atoms with Gasteiger partial charge in [-0.1, -0.05) is 41.9 Å². The lowest BCUT2D eigenvalue weighted by atomic mass is 10.1. The van der Waals surface area contributed by atoms with Crippen LogP contribution in [0.3, 0.4) is 0 Å². The Morgan fingerprint density at radius 3 is 2.55 bits per heavy atom. The molecule has 6 nitrogen and oxygen atoms in total. The number of hydrogen-bond donors (Lipinski definition) is 1. The lowest BCUT2D eigenvalue weighted by molar-refractivity contribution is -0.115. The molecule has 0 unspecified atom stereocenters. The maximum Gasteiger partial charge on any atom is 0.324 e. The first-order chi connectivity index (χ1) is 16.0. The van der Waals surface area contributed by atoms with Crippen LogP contribution in [0, 0.1) is 0 Å². The number of rotatable bonds is 7. The summed E-state index contributed by atoms with van der Waals surface area (Å²) in [6, 6.07) is 22.3. The van der Waals surface area contributed by atoms with Crippen molar-refractivity contribution in [2.45, 2.75) is 19.4 Å². The Balaban J connectivity index is 1.41. The average Bonchev–Trinajstić information content (AvgIpc) is 2.81. The maximum atomic E-state index is 13.2. The summed E-state index contributed by atoms with van der Waals surface area (Å²) in [5, 5.41) is 3.59. The minimum atomic E-state index is -0.120. The largest absolute Gasteiger partial charge is 0.497 e. The molecule has 1 aliphatic heterocycles. The van der Waals surface area contributed by atoms with Crippen LogP contribution < -0.4 is 15.0 Å². The van der Waals surface area contributed by atoms with Crippen molar-refractivity contribution in [3.05, 3.63) is 88.9 Å². The van der Waals surface area contributed by atoms with Crippen molar-refractivity contribution >= 4 is 34.9 Å². The van der Waals surface area contributed by atoms with Crippen LogP contribution in [0.4, 0.5) is 16.2 Å². The van der Waals surface area contributed by atoms with Crippen molar-refractivity contribution in [2.24, 2.45) is 0 Å². The van der Waals surface area contributed by atoms with E-state index in [0.717, 1.165) is 29.0 Å². The van der Waals surface area contributed by atoms with E-state index in [0.29, 0.717) is 30.3 Å². The van der Waals surface area contributed by atoms with Crippen LogP contribution >= 0.6 is 11.6 Å². The first-order valence-electron chi connectivity index (χ1n) is 10.9. The number of hydrogen-bond acceptors (Lipinski definition) is 3. The molecule has 1 fully saturated rings. The van der Waals surface area contributed by atoms with Gasteiger partial charge in [0.25, 0.3) is 0 Å². The molecule has 0 bridgehead atoms. The van der Waals surface area contributed by atoms with Crippen LogP contribution in [-0.4, -0.2) is 37.0 Å². The monoisotopic (exact) mass is 463 g/mol. The molecule has 4 rings (SSSR count). The molecule has 3 amide bonds. The number of benzene rings is 3. The molecule has 3 aromatic carbocycles. The topological polar surface area (TPSA) is 61.9 Å². The molecular weight excluding hydrogens is 438 g/mol. The molecule has 0 radical (unpaired) electrons. The summed E-state index contributed by atoms with van der Waals surface area (Å²) >= 11 is 6.09. The van der Waals surface area contributed by atoms with E-state index in [2.05, 4.69) is 5.32 Å². The van der Waals surface area contributed by atoms with Gasteiger partial charge in [-0.05, 0) is 60.0 Å². The zero-order chi connectivity index (χ0) is 23.2. The molecule has 0 atom stereocenters. The number of nitrogens with zero attached hydrogens (tertiary/aromatic N) is 2. The van der Waals surface area contributed by atoms with Gasteiger partial charge in [0.05, 0.1) is 13.5 Å². The molecule has 33 heavy (non-hydrogen) atoms. The second kappa shape index (κ2) is 10.4. The van der Waals surface area contributed by atoms with Crippen LogP contribution in [0.15, 0.2) is 72.8 Å². The lowest BCUT2D eigenvalue weighted by Gasteiger charge is -2.36. The summed E-state index contributed by atoms with van der Waals surface area (Å²) in [5.74, 6) is 0.632. The molecule has 1 heterocycles. The molecule has 1 aliphatic rings. The van der Waals surface area contributed by atoms with Gasteiger partial charge in [0.1, 0.15) is 5.75 Å². The van der Waals surface area contributed by atoms with E-state index < -0.39 is 0 Å². The van der Waals surface area contributed by atoms with Gasteiger partial charge in [0.2, 0.25) is 5.91 Å². The van der Waals surface area contributed by atoms with Crippen molar-refractivity contribution in [1.29, 1.82) is 0 Å². The molecule has 1 N–H and O–H groups in total. The van der Waals surface area contributed by atoms with Crippen LogP contribution in [0.1, 0.15) is 17.5 Å². The third-order valence-corrected chi connectivity index (χ3v) is 5.77. The highest BCUT2D eigenvalue weighted by Crippen LogP contribution is 2.25. The molecule has 3 aromatic rings. The van der Waals surface area contributed by atoms with Crippen molar-refractivity contribution < 1.29 is 14.3 Å². The zero-order valence-electron chi connectivity index (χ0n) is 18.5. The summed E-state index contributed by atoms with van der Waals surface area (Å²) in [6.45, 7) is 1.84. The van der Waals surface area contributed by atoms with E-state index >= 15 is 0 Å². The van der Waals surface area contributed by atoms with Crippen LogP contribution in [0.25, 0.3) is 0 Å². The predicted molar refractivity (Wildman–Crippen MR) is 131 cm³/mol. The summed E-state index contributed by atoms with van der Waals surface area (Å²) in [5.41, 5.74) is 3.31. The van der Waals surface area contributed by atoms with Crippen molar-refractivity contribution in [3.8, 4) is 5.75 Å². The predicted octanol–water partition coefficient (Wildman–Crippen LogP) is 5.36. The van der Waals surface area contributed by atoms with Crippen LogP contribution in [0.5, 0.6) is 5.75 Å². The molecule has 0 aromatic heterocycles. The first kappa shape index (κ1) is 22.7. The fourth-order valence-electron chi connectivity index (χ4n) is 3.91.